The van der Waals surface area contributed by atoms with Gasteiger partial charge in [-0.2, -0.15) is 0 Å². The normalized spacial score (nSPS) is 14.8. The molecule has 0 radical (unpaired) electrons. The zero-order valence-electron chi connectivity index (χ0n) is 15.1. The second-order valence-corrected chi connectivity index (χ2v) is 6.39. The first kappa shape index (κ1) is 18.0. The van der Waals surface area contributed by atoms with Gasteiger partial charge in [0.1, 0.15) is 11.5 Å². The topological polar surface area (TPSA) is 55.8 Å². The number of rotatable bonds is 5. The van der Waals surface area contributed by atoms with E-state index in [1.54, 1.807) is 50.6 Å². The summed E-state index contributed by atoms with van der Waals surface area (Å²) in [5.41, 5.74) is 1.31. The van der Waals surface area contributed by atoms with Gasteiger partial charge in [-0.3, -0.25) is 9.59 Å². The molecular formula is C21H23NO4. The summed E-state index contributed by atoms with van der Waals surface area (Å²) in [7, 11) is 3.19. The Labute approximate surface area is 153 Å². The molecule has 136 valence electrons. The molecule has 0 unspecified atom stereocenters. The molecule has 5 heteroatoms. The fraction of sp³-hybridized carbons (Fsp3) is 0.333. The molecule has 0 saturated carbocycles. The van der Waals surface area contributed by atoms with Crippen molar-refractivity contribution in [3.8, 4) is 11.5 Å². The second kappa shape index (κ2) is 8.04. The molecule has 0 spiro atoms. The van der Waals surface area contributed by atoms with E-state index in [-0.39, 0.29) is 17.6 Å². The number of piperidine rings is 1. The van der Waals surface area contributed by atoms with Crippen LogP contribution in [0.1, 0.15) is 33.6 Å². The summed E-state index contributed by atoms with van der Waals surface area (Å²) in [5.74, 6) is 1.49. The molecule has 3 rings (SSSR count). The Morgan fingerprint density at radius 3 is 2.15 bits per heavy atom. The largest absolute Gasteiger partial charge is 0.497 e. The van der Waals surface area contributed by atoms with E-state index in [1.165, 1.54) is 0 Å². The highest BCUT2D eigenvalue weighted by Gasteiger charge is 2.28. The predicted molar refractivity (Wildman–Crippen MR) is 98.9 cm³/mol. The van der Waals surface area contributed by atoms with Gasteiger partial charge in [-0.1, -0.05) is 6.07 Å². The minimum absolute atomic E-state index is 0.0146. The van der Waals surface area contributed by atoms with Crippen molar-refractivity contribution in [1.82, 2.24) is 4.90 Å². The average Bonchev–Trinajstić information content (AvgIpc) is 2.73. The maximum Gasteiger partial charge on any atom is 0.253 e. The van der Waals surface area contributed by atoms with Crippen molar-refractivity contribution in [1.29, 1.82) is 0 Å². The van der Waals surface area contributed by atoms with E-state index in [4.69, 9.17) is 9.47 Å². The molecule has 0 N–H and O–H groups in total. The maximum absolute atomic E-state index is 12.7. The van der Waals surface area contributed by atoms with Crippen LogP contribution >= 0.6 is 0 Å². The molecule has 0 aromatic heterocycles. The molecule has 1 aliphatic rings. The molecule has 0 atom stereocenters. The van der Waals surface area contributed by atoms with Crippen molar-refractivity contribution in [2.45, 2.75) is 12.8 Å². The first-order valence-corrected chi connectivity index (χ1v) is 8.74. The second-order valence-electron chi connectivity index (χ2n) is 6.39. The molecule has 2 aromatic carbocycles. The van der Waals surface area contributed by atoms with Gasteiger partial charge >= 0.3 is 0 Å². The zero-order valence-corrected chi connectivity index (χ0v) is 15.1. The number of Topliss-reactive ketones (excluding diaryl/α,β-unsaturated/α-hetero) is 1. The fourth-order valence-electron chi connectivity index (χ4n) is 3.27. The molecule has 0 bridgehead atoms. The number of benzene rings is 2. The van der Waals surface area contributed by atoms with Crippen molar-refractivity contribution < 1.29 is 19.1 Å². The Kier molecular flexibility index (Phi) is 5.56. The van der Waals surface area contributed by atoms with Crippen LogP contribution in [0.4, 0.5) is 0 Å². The Morgan fingerprint density at radius 1 is 0.885 bits per heavy atom. The van der Waals surface area contributed by atoms with E-state index in [0.29, 0.717) is 42.8 Å². The van der Waals surface area contributed by atoms with Crippen LogP contribution in [0.15, 0.2) is 48.5 Å². The number of carbonyl (C=O) groups excluding carboxylic acids is 2. The fourth-order valence-corrected chi connectivity index (χ4v) is 3.27. The van der Waals surface area contributed by atoms with Gasteiger partial charge in [0.25, 0.3) is 5.91 Å². The molecule has 5 nitrogen and oxygen atoms in total. The van der Waals surface area contributed by atoms with E-state index in [9.17, 15) is 9.59 Å². The lowest BCUT2D eigenvalue weighted by Crippen LogP contribution is -2.40. The minimum atomic E-state index is -0.0437. The highest BCUT2D eigenvalue weighted by molar-refractivity contribution is 5.98. The molecule has 1 amide bonds. The Hall–Kier alpha value is -2.82. The van der Waals surface area contributed by atoms with E-state index >= 15 is 0 Å². The molecular weight excluding hydrogens is 330 g/mol. The van der Waals surface area contributed by atoms with Crippen molar-refractivity contribution in [2.24, 2.45) is 5.92 Å². The third-order valence-electron chi connectivity index (χ3n) is 4.84. The van der Waals surface area contributed by atoms with Gasteiger partial charge < -0.3 is 14.4 Å². The third-order valence-corrected chi connectivity index (χ3v) is 4.84. The summed E-state index contributed by atoms with van der Waals surface area (Å²) >= 11 is 0. The predicted octanol–water partition coefficient (Wildman–Crippen LogP) is 3.44. The summed E-state index contributed by atoms with van der Waals surface area (Å²) in [5, 5.41) is 0. The van der Waals surface area contributed by atoms with Crippen LogP contribution in [0, 0.1) is 5.92 Å². The standard InChI is InChI=1S/C21H23NO4/c1-25-18-8-6-15(7-9-18)20(23)16-10-12-22(13-11-16)21(24)17-4-3-5-19(14-17)26-2/h3-9,14,16H,10-13H2,1-2H3. The lowest BCUT2D eigenvalue weighted by Gasteiger charge is -2.31. The number of ketones is 1. The molecule has 2 aromatic rings. The summed E-state index contributed by atoms with van der Waals surface area (Å²) in [4.78, 5) is 27.1. The number of carbonyl (C=O) groups is 2. The van der Waals surface area contributed by atoms with Crippen molar-refractivity contribution in [2.75, 3.05) is 27.3 Å². The van der Waals surface area contributed by atoms with Crippen molar-refractivity contribution in [3.63, 3.8) is 0 Å². The van der Waals surface area contributed by atoms with Gasteiger partial charge in [-0.15, -0.1) is 0 Å². The first-order valence-electron chi connectivity index (χ1n) is 8.74. The number of hydrogen-bond acceptors (Lipinski definition) is 4. The smallest absolute Gasteiger partial charge is 0.253 e. The molecule has 1 aliphatic heterocycles. The van der Waals surface area contributed by atoms with Crippen molar-refractivity contribution in [3.05, 3.63) is 59.7 Å². The summed E-state index contributed by atoms with van der Waals surface area (Å²) in [6, 6.07) is 14.4. The lowest BCUT2D eigenvalue weighted by molar-refractivity contribution is 0.0650. The van der Waals surface area contributed by atoms with Gasteiger partial charge in [0.05, 0.1) is 14.2 Å². The van der Waals surface area contributed by atoms with Crippen LogP contribution in [0.25, 0.3) is 0 Å². The minimum Gasteiger partial charge on any atom is -0.497 e. The van der Waals surface area contributed by atoms with Crippen LogP contribution in [0.2, 0.25) is 0 Å². The Balaban J connectivity index is 1.61. The van der Waals surface area contributed by atoms with E-state index in [1.807, 2.05) is 17.0 Å². The number of ether oxygens (including phenoxy) is 2. The summed E-state index contributed by atoms with van der Waals surface area (Å²) < 4.78 is 10.3. The Morgan fingerprint density at radius 2 is 1.54 bits per heavy atom. The van der Waals surface area contributed by atoms with Gasteiger partial charge in [0.2, 0.25) is 0 Å². The molecule has 1 saturated heterocycles. The van der Waals surface area contributed by atoms with E-state index in [2.05, 4.69) is 0 Å². The van der Waals surface area contributed by atoms with Gasteiger partial charge in [0.15, 0.2) is 5.78 Å². The quantitative estimate of drug-likeness (QED) is 0.773. The molecule has 0 aliphatic carbocycles. The van der Waals surface area contributed by atoms with Gasteiger partial charge in [0, 0.05) is 30.1 Å². The zero-order chi connectivity index (χ0) is 18.5. The van der Waals surface area contributed by atoms with Gasteiger partial charge in [-0.05, 0) is 55.3 Å². The van der Waals surface area contributed by atoms with Crippen LogP contribution in [-0.2, 0) is 0 Å². The van der Waals surface area contributed by atoms with Gasteiger partial charge in [-0.25, -0.2) is 0 Å². The van der Waals surface area contributed by atoms with Crippen LogP contribution < -0.4 is 9.47 Å². The highest BCUT2D eigenvalue weighted by atomic mass is 16.5. The molecule has 1 fully saturated rings. The first-order chi connectivity index (χ1) is 12.6. The maximum atomic E-state index is 12.7. The number of amides is 1. The van der Waals surface area contributed by atoms with Crippen molar-refractivity contribution >= 4 is 11.7 Å². The highest BCUT2D eigenvalue weighted by Crippen LogP contribution is 2.24. The number of likely N-dealkylation sites (tertiary alicyclic amines) is 1. The van der Waals surface area contributed by atoms with Crippen LogP contribution in [0.5, 0.6) is 11.5 Å². The molecule has 1 heterocycles. The van der Waals surface area contributed by atoms with Crippen LogP contribution in [0.3, 0.4) is 0 Å². The average molecular weight is 353 g/mol. The number of methoxy groups -OCH3 is 2. The van der Waals surface area contributed by atoms with Crippen LogP contribution in [-0.4, -0.2) is 43.9 Å². The number of hydrogen-bond donors (Lipinski definition) is 0. The molecule has 26 heavy (non-hydrogen) atoms. The third kappa shape index (κ3) is 3.87. The Bertz CT molecular complexity index is 777. The monoisotopic (exact) mass is 353 g/mol. The summed E-state index contributed by atoms with van der Waals surface area (Å²) in [6.07, 6.45) is 1.36. The number of nitrogens with zero attached hydrogens (tertiary/aromatic N) is 1. The van der Waals surface area contributed by atoms with E-state index < -0.39 is 0 Å². The SMILES string of the molecule is COc1ccc(C(=O)C2CCN(C(=O)c3cccc(OC)c3)CC2)cc1. The summed E-state index contributed by atoms with van der Waals surface area (Å²) in [6.45, 7) is 1.17. The lowest BCUT2D eigenvalue weighted by atomic mass is 9.88. The van der Waals surface area contributed by atoms with E-state index in [0.717, 1.165) is 5.75 Å².